The minimum absolute atomic E-state index is 0.0928. The lowest BCUT2D eigenvalue weighted by atomic mass is 10.1. The van der Waals surface area contributed by atoms with E-state index in [2.05, 4.69) is 5.32 Å². The standard InChI is InChI=1S/C12H15N3O4/c1-8-4-5-9(7-10(8)15(18)19)12(17)14-6-2-3-11(13)16/h4-5,7H,2-3,6H2,1H3,(H2,13,16)(H,14,17). The van der Waals surface area contributed by atoms with Crippen molar-refractivity contribution in [2.24, 2.45) is 5.73 Å². The maximum Gasteiger partial charge on any atom is 0.273 e. The number of rotatable bonds is 6. The number of nitrogens with two attached hydrogens (primary N) is 1. The average molecular weight is 265 g/mol. The third kappa shape index (κ3) is 4.38. The van der Waals surface area contributed by atoms with Crippen LogP contribution in [0.15, 0.2) is 18.2 Å². The van der Waals surface area contributed by atoms with Crippen molar-refractivity contribution in [1.29, 1.82) is 0 Å². The number of carbonyl (C=O) groups excluding carboxylic acids is 2. The lowest BCUT2D eigenvalue weighted by Crippen LogP contribution is -2.25. The number of nitro benzene ring substituents is 1. The first-order valence-corrected chi connectivity index (χ1v) is 5.73. The number of amides is 2. The van der Waals surface area contributed by atoms with E-state index in [9.17, 15) is 19.7 Å². The Balaban J connectivity index is 2.65. The summed E-state index contributed by atoms with van der Waals surface area (Å²) in [4.78, 5) is 32.5. The molecule has 0 radical (unpaired) electrons. The Bertz CT molecular complexity index is 514. The highest BCUT2D eigenvalue weighted by atomic mass is 16.6. The third-order valence-electron chi connectivity index (χ3n) is 2.55. The van der Waals surface area contributed by atoms with Crippen LogP contribution in [0.2, 0.25) is 0 Å². The van der Waals surface area contributed by atoms with Crippen LogP contribution in [0.4, 0.5) is 5.69 Å². The van der Waals surface area contributed by atoms with Crippen molar-refractivity contribution >= 4 is 17.5 Å². The van der Waals surface area contributed by atoms with Crippen LogP contribution in [0.3, 0.4) is 0 Å². The van der Waals surface area contributed by atoms with Gasteiger partial charge in [0.25, 0.3) is 11.6 Å². The maximum atomic E-state index is 11.7. The molecule has 0 aliphatic heterocycles. The maximum absolute atomic E-state index is 11.7. The van der Waals surface area contributed by atoms with Crippen LogP contribution in [0.5, 0.6) is 0 Å². The summed E-state index contributed by atoms with van der Waals surface area (Å²) < 4.78 is 0. The fourth-order valence-corrected chi connectivity index (χ4v) is 1.51. The van der Waals surface area contributed by atoms with Gasteiger partial charge in [-0.3, -0.25) is 19.7 Å². The van der Waals surface area contributed by atoms with Gasteiger partial charge in [-0.1, -0.05) is 6.07 Å². The summed E-state index contributed by atoms with van der Waals surface area (Å²) in [5.41, 5.74) is 5.59. The second kappa shape index (κ2) is 6.48. The zero-order valence-electron chi connectivity index (χ0n) is 10.5. The molecule has 0 aliphatic carbocycles. The van der Waals surface area contributed by atoms with Crippen LogP contribution in [0, 0.1) is 17.0 Å². The van der Waals surface area contributed by atoms with Crippen molar-refractivity contribution in [3.63, 3.8) is 0 Å². The number of carbonyl (C=O) groups is 2. The van der Waals surface area contributed by atoms with E-state index in [0.717, 1.165) is 0 Å². The molecular formula is C12H15N3O4. The average Bonchev–Trinajstić information content (AvgIpc) is 2.34. The number of primary amides is 1. The van der Waals surface area contributed by atoms with Gasteiger partial charge in [-0.05, 0) is 19.4 Å². The van der Waals surface area contributed by atoms with Crippen molar-refractivity contribution < 1.29 is 14.5 Å². The van der Waals surface area contributed by atoms with Gasteiger partial charge in [-0.15, -0.1) is 0 Å². The van der Waals surface area contributed by atoms with E-state index in [1.807, 2.05) is 0 Å². The molecule has 0 saturated carbocycles. The lowest BCUT2D eigenvalue weighted by Gasteiger charge is -2.05. The first-order chi connectivity index (χ1) is 8.91. The molecule has 0 aliphatic rings. The highest BCUT2D eigenvalue weighted by molar-refractivity contribution is 5.95. The Morgan fingerprint density at radius 1 is 1.42 bits per heavy atom. The molecule has 0 saturated heterocycles. The number of nitrogens with one attached hydrogen (secondary N) is 1. The van der Waals surface area contributed by atoms with Crippen molar-refractivity contribution in [2.45, 2.75) is 19.8 Å². The summed E-state index contributed by atoms with van der Waals surface area (Å²) in [7, 11) is 0. The van der Waals surface area contributed by atoms with Crippen molar-refractivity contribution in [3.8, 4) is 0 Å². The number of hydrogen-bond donors (Lipinski definition) is 2. The van der Waals surface area contributed by atoms with E-state index in [4.69, 9.17) is 5.73 Å². The van der Waals surface area contributed by atoms with Crippen molar-refractivity contribution in [1.82, 2.24) is 5.32 Å². The van der Waals surface area contributed by atoms with Gasteiger partial charge in [0.05, 0.1) is 4.92 Å². The summed E-state index contributed by atoms with van der Waals surface area (Å²) in [5.74, 6) is -0.840. The predicted molar refractivity (Wildman–Crippen MR) is 68.6 cm³/mol. The van der Waals surface area contributed by atoms with Crippen LogP contribution >= 0.6 is 0 Å². The minimum Gasteiger partial charge on any atom is -0.370 e. The minimum atomic E-state index is -0.529. The molecule has 19 heavy (non-hydrogen) atoms. The quantitative estimate of drug-likeness (QED) is 0.451. The topological polar surface area (TPSA) is 115 Å². The van der Waals surface area contributed by atoms with Gasteiger partial charge in [-0.2, -0.15) is 0 Å². The molecule has 1 rings (SSSR count). The van der Waals surface area contributed by atoms with Crippen LogP contribution < -0.4 is 11.1 Å². The van der Waals surface area contributed by atoms with Crippen LogP contribution in [-0.2, 0) is 4.79 Å². The van der Waals surface area contributed by atoms with E-state index in [-0.39, 0.29) is 17.7 Å². The largest absolute Gasteiger partial charge is 0.370 e. The predicted octanol–water partition coefficient (Wildman–Crippen LogP) is 0.899. The monoisotopic (exact) mass is 265 g/mol. The summed E-state index contributed by atoms with van der Waals surface area (Å²) in [6, 6.07) is 4.28. The molecule has 0 atom stereocenters. The van der Waals surface area contributed by atoms with Crippen molar-refractivity contribution in [3.05, 3.63) is 39.4 Å². The molecule has 0 heterocycles. The fraction of sp³-hybridized carbons (Fsp3) is 0.333. The number of aryl methyl sites for hydroxylation is 1. The lowest BCUT2D eigenvalue weighted by molar-refractivity contribution is -0.385. The van der Waals surface area contributed by atoms with Crippen LogP contribution in [0.25, 0.3) is 0 Å². The Kier molecular flexibility index (Phi) is 4.99. The summed E-state index contributed by atoms with van der Waals surface area (Å²) >= 11 is 0. The normalized spacial score (nSPS) is 9.95. The van der Waals surface area contributed by atoms with Gasteiger partial charge in [0.1, 0.15) is 0 Å². The molecule has 1 aromatic carbocycles. The SMILES string of the molecule is Cc1ccc(C(=O)NCCCC(N)=O)cc1[N+](=O)[O-]. The Labute approximate surface area is 109 Å². The zero-order valence-corrected chi connectivity index (χ0v) is 10.5. The Morgan fingerprint density at radius 3 is 2.68 bits per heavy atom. The number of benzene rings is 1. The molecule has 7 nitrogen and oxygen atoms in total. The highest BCUT2D eigenvalue weighted by Gasteiger charge is 2.14. The van der Waals surface area contributed by atoms with Crippen molar-refractivity contribution in [2.75, 3.05) is 6.54 Å². The molecular weight excluding hydrogens is 250 g/mol. The smallest absolute Gasteiger partial charge is 0.273 e. The van der Waals surface area contributed by atoms with Crippen LogP contribution in [0.1, 0.15) is 28.8 Å². The number of nitrogens with zero attached hydrogens (tertiary/aromatic N) is 1. The molecule has 1 aromatic rings. The van der Waals surface area contributed by atoms with Gasteiger partial charge >= 0.3 is 0 Å². The van der Waals surface area contributed by atoms with Gasteiger partial charge in [0, 0.05) is 30.2 Å². The molecule has 0 bridgehead atoms. The first kappa shape index (κ1) is 14.6. The van der Waals surface area contributed by atoms with E-state index in [0.29, 0.717) is 18.5 Å². The molecule has 0 aromatic heterocycles. The molecule has 0 unspecified atom stereocenters. The summed E-state index contributed by atoms with van der Waals surface area (Å²) in [6.07, 6.45) is 0.628. The number of nitro groups is 1. The second-order valence-electron chi connectivity index (χ2n) is 4.08. The van der Waals surface area contributed by atoms with E-state index < -0.39 is 16.7 Å². The molecule has 0 spiro atoms. The molecule has 2 amide bonds. The highest BCUT2D eigenvalue weighted by Crippen LogP contribution is 2.19. The van der Waals surface area contributed by atoms with E-state index in [1.54, 1.807) is 6.92 Å². The number of hydrogen-bond acceptors (Lipinski definition) is 4. The Hall–Kier alpha value is -2.44. The summed E-state index contributed by atoms with van der Waals surface area (Å²) in [5, 5.41) is 13.3. The van der Waals surface area contributed by atoms with E-state index in [1.165, 1.54) is 18.2 Å². The van der Waals surface area contributed by atoms with Gasteiger partial charge in [0.2, 0.25) is 5.91 Å². The first-order valence-electron chi connectivity index (χ1n) is 5.73. The fourth-order valence-electron chi connectivity index (χ4n) is 1.51. The zero-order chi connectivity index (χ0) is 14.4. The van der Waals surface area contributed by atoms with E-state index >= 15 is 0 Å². The van der Waals surface area contributed by atoms with Crippen LogP contribution in [-0.4, -0.2) is 23.3 Å². The summed E-state index contributed by atoms with van der Waals surface area (Å²) in [6.45, 7) is 1.90. The van der Waals surface area contributed by atoms with Gasteiger partial charge in [0.15, 0.2) is 0 Å². The molecule has 3 N–H and O–H groups in total. The molecule has 7 heteroatoms. The Morgan fingerprint density at radius 2 is 2.11 bits per heavy atom. The molecule has 0 fully saturated rings. The van der Waals surface area contributed by atoms with Gasteiger partial charge in [-0.25, -0.2) is 0 Å². The second-order valence-corrected chi connectivity index (χ2v) is 4.08. The third-order valence-corrected chi connectivity index (χ3v) is 2.55. The molecule has 102 valence electrons. The van der Waals surface area contributed by atoms with Gasteiger partial charge < -0.3 is 11.1 Å².